The average Bonchev–Trinajstić information content (AvgIpc) is 2.15. The third-order valence-electron chi connectivity index (χ3n) is 2.04. The van der Waals surface area contributed by atoms with Crippen molar-refractivity contribution in [1.82, 2.24) is 4.98 Å². The van der Waals surface area contributed by atoms with Crippen molar-refractivity contribution in [2.75, 3.05) is 0 Å². The molecule has 1 rings (SSSR count). The van der Waals surface area contributed by atoms with E-state index in [0.29, 0.717) is 17.3 Å². The number of carboxylic acid groups (broad SMARTS) is 1. The molecule has 5 heteroatoms. The minimum Gasteiger partial charge on any atom is -0.481 e. The van der Waals surface area contributed by atoms with E-state index in [9.17, 15) is 9.18 Å². The molecule has 3 nitrogen and oxygen atoms in total. The van der Waals surface area contributed by atoms with Crippen LogP contribution in [0.3, 0.4) is 0 Å². The summed E-state index contributed by atoms with van der Waals surface area (Å²) >= 11 is 3.07. The summed E-state index contributed by atoms with van der Waals surface area (Å²) in [4.78, 5) is 14.7. The van der Waals surface area contributed by atoms with Gasteiger partial charge in [0, 0.05) is 10.7 Å². The highest BCUT2D eigenvalue weighted by Crippen LogP contribution is 2.24. The van der Waals surface area contributed by atoms with Crippen molar-refractivity contribution in [2.24, 2.45) is 0 Å². The van der Waals surface area contributed by atoms with E-state index in [4.69, 9.17) is 5.11 Å². The maximum atomic E-state index is 13.4. The number of hydrogen-bond acceptors (Lipinski definition) is 2. The molecular weight excluding hydrogens is 265 g/mol. The van der Waals surface area contributed by atoms with E-state index in [1.54, 1.807) is 0 Å². The maximum Gasteiger partial charge on any atom is 0.312 e. The number of pyridine rings is 1. The predicted molar refractivity (Wildman–Crippen MR) is 57.2 cm³/mol. The normalized spacial score (nSPS) is 12.5. The largest absolute Gasteiger partial charge is 0.481 e. The molecule has 0 fully saturated rings. The second-order valence-electron chi connectivity index (χ2n) is 3.20. The van der Waals surface area contributed by atoms with Crippen LogP contribution in [0.1, 0.15) is 31.4 Å². The van der Waals surface area contributed by atoms with Crippen LogP contribution >= 0.6 is 15.9 Å². The number of carbonyl (C=O) groups is 1. The Hall–Kier alpha value is -0.970. The zero-order valence-electron chi connectivity index (χ0n) is 8.20. The lowest BCUT2D eigenvalue weighted by Gasteiger charge is -2.11. The smallest absolute Gasteiger partial charge is 0.312 e. The van der Waals surface area contributed by atoms with E-state index in [1.807, 2.05) is 6.92 Å². The highest BCUT2D eigenvalue weighted by atomic mass is 79.9. The second kappa shape index (κ2) is 5.21. The van der Waals surface area contributed by atoms with E-state index < -0.39 is 17.7 Å². The Morgan fingerprint density at radius 1 is 1.73 bits per heavy atom. The van der Waals surface area contributed by atoms with Crippen molar-refractivity contribution in [1.29, 1.82) is 0 Å². The van der Waals surface area contributed by atoms with Gasteiger partial charge in [-0.3, -0.25) is 9.78 Å². The number of nitrogens with zero attached hydrogens (tertiary/aromatic N) is 1. The molecule has 1 atom stereocenters. The van der Waals surface area contributed by atoms with Gasteiger partial charge in [-0.25, -0.2) is 4.39 Å². The molecule has 1 heterocycles. The van der Waals surface area contributed by atoms with Crippen LogP contribution in [-0.4, -0.2) is 16.1 Å². The number of carboxylic acids is 1. The predicted octanol–water partition coefficient (Wildman–Crippen LogP) is 2.95. The molecule has 0 aliphatic heterocycles. The SMILES string of the molecule is CCCC(C(=O)O)c1ncc(Br)cc1F. The number of halogens is 2. The first-order valence-electron chi connectivity index (χ1n) is 4.60. The molecule has 0 saturated heterocycles. The van der Waals surface area contributed by atoms with E-state index in [2.05, 4.69) is 20.9 Å². The van der Waals surface area contributed by atoms with Gasteiger partial charge in [0.25, 0.3) is 0 Å². The first kappa shape index (κ1) is 12.1. The summed E-state index contributed by atoms with van der Waals surface area (Å²) in [5.74, 6) is -2.47. The van der Waals surface area contributed by atoms with Crippen LogP contribution in [0.15, 0.2) is 16.7 Å². The van der Waals surface area contributed by atoms with E-state index >= 15 is 0 Å². The van der Waals surface area contributed by atoms with Crippen LogP contribution in [0.2, 0.25) is 0 Å². The van der Waals surface area contributed by atoms with Crippen LogP contribution in [0.5, 0.6) is 0 Å². The molecule has 82 valence electrons. The molecule has 0 aliphatic rings. The van der Waals surface area contributed by atoms with Gasteiger partial charge < -0.3 is 5.11 Å². The Kier molecular flexibility index (Phi) is 4.20. The third kappa shape index (κ3) is 2.99. The zero-order valence-corrected chi connectivity index (χ0v) is 9.79. The summed E-state index contributed by atoms with van der Waals surface area (Å²) in [5, 5.41) is 8.93. The Morgan fingerprint density at radius 2 is 2.40 bits per heavy atom. The fourth-order valence-electron chi connectivity index (χ4n) is 1.35. The number of hydrogen-bond donors (Lipinski definition) is 1. The molecule has 0 spiro atoms. The topological polar surface area (TPSA) is 50.2 Å². The monoisotopic (exact) mass is 275 g/mol. The van der Waals surface area contributed by atoms with E-state index in [-0.39, 0.29) is 5.69 Å². The van der Waals surface area contributed by atoms with Crippen LogP contribution in [-0.2, 0) is 4.79 Å². The van der Waals surface area contributed by atoms with Crippen LogP contribution < -0.4 is 0 Å². The molecule has 1 N–H and O–H groups in total. The van der Waals surface area contributed by atoms with Gasteiger partial charge in [-0.05, 0) is 28.4 Å². The van der Waals surface area contributed by atoms with Crippen molar-refractivity contribution >= 4 is 21.9 Å². The van der Waals surface area contributed by atoms with Crippen molar-refractivity contribution in [3.8, 4) is 0 Å². The van der Waals surface area contributed by atoms with Gasteiger partial charge in [0.05, 0.1) is 5.69 Å². The Bertz CT molecular complexity index is 370. The van der Waals surface area contributed by atoms with Crippen LogP contribution in [0.4, 0.5) is 4.39 Å². The lowest BCUT2D eigenvalue weighted by Crippen LogP contribution is -2.14. The number of aliphatic carboxylic acids is 1. The summed E-state index contributed by atoms with van der Waals surface area (Å²) < 4.78 is 13.9. The van der Waals surface area contributed by atoms with Crippen molar-refractivity contribution in [2.45, 2.75) is 25.7 Å². The zero-order chi connectivity index (χ0) is 11.4. The minimum atomic E-state index is -1.04. The van der Waals surface area contributed by atoms with Crippen molar-refractivity contribution in [3.63, 3.8) is 0 Å². The van der Waals surface area contributed by atoms with Gasteiger partial charge in [-0.15, -0.1) is 0 Å². The Balaban J connectivity index is 3.05. The minimum absolute atomic E-state index is 0.00699. The number of aromatic nitrogens is 1. The molecule has 1 aromatic rings. The molecule has 1 unspecified atom stereocenters. The first-order valence-corrected chi connectivity index (χ1v) is 5.39. The Labute approximate surface area is 95.5 Å². The van der Waals surface area contributed by atoms with Gasteiger partial charge in [0.2, 0.25) is 0 Å². The molecule has 0 bridgehead atoms. The molecule has 15 heavy (non-hydrogen) atoms. The summed E-state index contributed by atoms with van der Waals surface area (Å²) in [7, 11) is 0. The molecule has 1 aromatic heterocycles. The highest BCUT2D eigenvalue weighted by Gasteiger charge is 2.23. The lowest BCUT2D eigenvalue weighted by atomic mass is 9.99. The van der Waals surface area contributed by atoms with Gasteiger partial charge >= 0.3 is 5.97 Å². The van der Waals surface area contributed by atoms with E-state index in [1.165, 1.54) is 12.3 Å². The molecule has 0 amide bonds. The van der Waals surface area contributed by atoms with Gasteiger partial charge in [-0.1, -0.05) is 13.3 Å². The fourth-order valence-corrected chi connectivity index (χ4v) is 1.65. The third-order valence-corrected chi connectivity index (χ3v) is 2.48. The standard InChI is InChI=1S/C10H11BrFNO2/c1-2-3-7(10(14)15)9-8(12)4-6(11)5-13-9/h4-5,7H,2-3H2,1H3,(H,14,15). The molecule has 0 saturated carbocycles. The quantitative estimate of drug-likeness (QED) is 0.919. The highest BCUT2D eigenvalue weighted by molar-refractivity contribution is 9.10. The summed E-state index contributed by atoms with van der Waals surface area (Å²) in [6, 6.07) is 1.23. The Morgan fingerprint density at radius 3 is 2.87 bits per heavy atom. The first-order chi connectivity index (χ1) is 7.06. The van der Waals surface area contributed by atoms with E-state index in [0.717, 1.165) is 0 Å². The second-order valence-corrected chi connectivity index (χ2v) is 4.12. The fraction of sp³-hybridized carbons (Fsp3) is 0.400. The van der Waals surface area contributed by atoms with Crippen molar-refractivity contribution in [3.05, 3.63) is 28.2 Å². The number of rotatable bonds is 4. The summed E-state index contributed by atoms with van der Waals surface area (Å²) in [5.41, 5.74) is 0.00699. The molecule has 0 aliphatic carbocycles. The van der Waals surface area contributed by atoms with Crippen LogP contribution in [0, 0.1) is 5.82 Å². The van der Waals surface area contributed by atoms with Crippen molar-refractivity contribution < 1.29 is 14.3 Å². The summed E-state index contributed by atoms with van der Waals surface area (Å²) in [6.07, 6.45) is 2.47. The van der Waals surface area contributed by atoms with Gasteiger partial charge in [-0.2, -0.15) is 0 Å². The summed E-state index contributed by atoms with van der Waals surface area (Å²) in [6.45, 7) is 1.85. The molecular formula is C10H11BrFNO2. The van der Waals surface area contributed by atoms with Gasteiger partial charge in [0.15, 0.2) is 0 Å². The lowest BCUT2D eigenvalue weighted by molar-refractivity contribution is -0.139. The molecule has 0 aromatic carbocycles. The molecule has 0 radical (unpaired) electrons. The average molecular weight is 276 g/mol. The van der Waals surface area contributed by atoms with Crippen LogP contribution in [0.25, 0.3) is 0 Å². The maximum absolute atomic E-state index is 13.4. The van der Waals surface area contributed by atoms with Gasteiger partial charge in [0.1, 0.15) is 11.7 Å².